The van der Waals surface area contributed by atoms with Crippen LogP contribution in [0.4, 0.5) is 4.79 Å². The predicted octanol–water partition coefficient (Wildman–Crippen LogP) is 0.960. The van der Waals surface area contributed by atoms with Crippen LogP contribution < -0.4 is 21.7 Å². The van der Waals surface area contributed by atoms with E-state index in [2.05, 4.69) is 16.0 Å². The maximum atomic E-state index is 12.4. The molecule has 1 rings (SSSR count). The zero-order valence-corrected chi connectivity index (χ0v) is 16.0. The predicted molar refractivity (Wildman–Crippen MR) is 100.0 cm³/mol. The van der Waals surface area contributed by atoms with Gasteiger partial charge in [-0.3, -0.25) is 4.79 Å². The molecule has 0 saturated heterocycles. The van der Waals surface area contributed by atoms with E-state index in [0.717, 1.165) is 0 Å². The quantitative estimate of drug-likeness (QED) is 0.399. The van der Waals surface area contributed by atoms with Crippen LogP contribution in [-0.2, 0) is 11.2 Å². The average Bonchev–Trinajstić information content (AvgIpc) is 2.48. The Morgan fingerprint density at radius 3 is 2.19 bits per heavy atom. The number of carbonyl (C=O) groups excluding carboxylic acids is 2. The summed E-state index contributed by atoms with van der Waals surface area (Å²) < 4.78 is 0. The first-order valence-electron chi connectivity index (χ1n) is 8.43. The summed E-state index contributed by atoms with van der Waals surface area (Å²) >= 11 is 0. The van der Waals surface area contributed by atoms with E-state index in [1.807, 2.05) is 27.7 Å². The van der Waals surface area contributed by atoms with Gasteiger partial charge in [-0.25, -0.2) is 4.79 Å². The number of nitrogens with two attached hydrogens (primary N) is 1. The van der Waals surface area contributed by atoms with Crippen molar-refractivity contribution >= 4 is 11.9 Å². The smallest absolute Gasteiger partial charge is 0.314 e. The van der Waals surface area contributed by atoms with Gasteiger partial charge in [0.2, 0.25) is 5.91 Å². The standard InChI is InChI=1S/C18H30N4O4/c1-17(2,10-18(3,4)22-16(26)20-5)21-15(25)12(19)8-11-6-7-13(23)14(24)9-11/h6-7,9,12,23-24H,8,10,19H2,1-5H3,(H,21,25)(H2,20,22,26)/t12-/m1/s1. The lowest BCUT2D eigenvalue weighted by Crippen LogP contribution is -2.57. The summed E-state index contributed by atoms with van der Waals surface area (Å²) in [6.07, 6.45) is 0.710. The lowest BCUT2D eigenvalue weighted by molar-refractivity contribution is -0.124. The third-order valence-electron chi connectivity index (χ3n) is 3.86. The Morgan fingerprint density at radius 1 is 1.08 bits per heavy atom. The van der Waals surface area contributed by atoms with Crippen molar-refractivity contribution in [3.63, 3.8) is 0 Å². The second-order valence-electron chi connectivity index (χ2n) is 7.77. The van der Waals surface area contributed by atoms with Gasteiger partial charge in [0.05, 0.1) is 6.04 Å². The minimum absolute atomic E-state index is 0.218. The van der Waals surface area contributed by atoms with Crippen LogP contribution in [0.1, 0.15) is 39.7 Å². The Hall–Kier alpha value is -2.48. The minimum atomic E-state index is -0.812. The largest absolute Gasteiger partial charge is 0.504 e. The van der Waals surface area contributed by atoms with Crippen molar-refractivity contribution in [3.05, 3.63) is 23.8 Å². The molecule has 3 amide bonds. The molecule has 1 aromatic rings. The lowest BCUT2D eigenvalue weighted by atomic mass is 9.86. The number of phenols is 2. The van der Waals surface area contributed by atoms with E-state index in [4.69, 9.17) is 5.73 Å². The number of benzene rings is 1. The van der Waals surface area contributed by atoms with Crippen molar-refractivity contribution in [3.8, 4) is 11.5 Å². The normalized spacial score (nSPS) is 13.0. The van der Waals surface area contributed by atoms with Crippen molar-refractivity contribution in [2.45, 2.75) is 57.7 Å². The highest BCUT2D eigenvalue weighted by atomic mass is 16.3. The van der Waals surface area contributed by atoms with Crippen LogP contribution in [0.2, 0.25) is 0 Å². The molecular formula is C18H30N4O4. The molecule has 0 unspecified atom stereocenters. The van der Waals surface area contributed by atoms with Gasteiger partial charge in [-0.1, -0.05) is 6.07 Å². The van der Waals surface area contributed by atoms with Gasteiger partial charge in [-0.2, -0.15) is 0 Å². The molecule has 0 heterocycles. The zero-order valence-electron chi connectivity index (χ0n) is 16.0. The number of phenolic OH excluding ortho intramolecular Hbond substituents is 2. The Bertz CT molecular complexity index is 659. The van der Waals surface area contributed by atoms with Crippen LogP contribution in [0.25, 0.3) is 0 Å². The van der Waals surface area contributed by atoms with Gasteiger partial charge in [0, 0.05) is 18.1 Å². The van der Waals surface area contributed by atoms with Crippen LogP contribution >= 0.6 is 0 Å². The summed E-state index contributed by atoms with van der Waals surface area (Å²) in [6.45, 7) is 7.46. The number of urea groups is 1. The van der Waals surface area contributed by atoms with Crippen molar-refractivity contribution in [1.29, 1.82) is 0 Å². The third kappa shape index (κ3) is 6.79. The van der Waals surface area contributed by atoms with Gasteiger partial charge in [0.1, 0.15) is 0 Å². The summed E-state index contributed by atoms with van der Waals surface area (Å²) in [5.74, 6) is -0.811. The van der Waals surface area contributed by atoms with Crippen LogP contribution in [0.15, 0.2) is 18.2 Å². The Balaban J connectivity index is 2.68. The third-order valence-corrected chi connectivity index (χ3v) is 3.86. The van der Waals surface area contributed by atoms with Gasteiger partial charge >= 0.3 is 6.03 Å². The molecule has 7 N–H and O–H groups in total. The molecule has 0 aliphatic heterocycles. The van der Waals surface area contributed by atoms with Crippen molar-refractivity contribution in [2.75, 3.05) is 7.05 Å². The van der Waals surface area contributed by atoms with Crippen molar-refractivity contribution < 1.29 is 19.8 Å². The maximum absolute atomic E-state index is 12.4. The van der Waals surface area contributed by atoms with E-state index in [1.54, 1.807) is 13.1 Å². The van der Waals surface area contributed by atoms with Gasteiger partial charge < -0.3 is 31.9 Å². The Kier molecular flexibility index (Phi) is 6.86. The highest BCUT2D eigenvalue weighted by molar-refractivity contribution is 5.82. The van der Waals surface area contributed by atoms with E-state index in [9.17, 15) is 19.8 Å². The first-order chi connectivity index (χ1) is 11.8. The van der Waals surface area contributed by atoms with Gasteiger partial charge in [0.25, 0.3) is 0 Å². The molecule has 0 saturated carbocycles. The lowest BCUT2D eigenvalue weighted by Gasteiger charge is -2.36. The van der Waals surface area contributed by atoms with Gasteiger partial charge in [-0.05, 0) is 58.2 Å². The Labute approximate surface area is 154 Å². The molecule has 0 aromatic heterocycles. The highest BCUT2D eigenvalue weighted by Gasteiger charge is 2.32. The molecule has 8 nitrogen and oxygen atoms in total. The molecule has 1 atom stereocenters. The molecule has 0 bridgehead atoms. The first kappa shape index (κ1) is 21.6. The van der Waals surface area contributed by atoms with Crippen LogP contribution in [0, 0.1) is 0 Å². The summed E-state index contributed by atoms with van der Waals surface area (Å²) in [5.41, 5.74) is 5.48. The van der Waals surface area contributed by atoms with E-state index >= 15 is 0 Å². The van der Waals surface area contributed by atoms with Crippen molar-refractivity contribution in [2.24, 2.45) is 5.73 Å². The number of hydrogen-bond donors (Lipinski definition) is 6. The maximum Gasteiger partial charge on any atom is 0.314 e. The summed E-state index contributed by atoms with van der Waals surface area (Å²) in [7, 11) is 1.54. The number of aromatic hydroxyl groups is 2. The number of nitrogens with one attached hydrogen (secondary N) is 3. The summed E-state index contributed by atoms with van der Waals surface area (Å²) in [4.78, 5) is 24.0. The van der Waals surface area contributed by atoms with Crippen molar-refractivity contribution in [1.82, 2.24) is 16.0 Å². The van der Waals surface area contributed by atoms with E-state index in [-0.39, 0.29) is 29.9 Å². The number of hydrogen-bond acceptors (Lipinski definition) is 5. The minimum Gasteiger partial charge on any atom is -0.504 e. The SMILES string of the molecule is CNC(=O)NC(C)(C)CC(C)(C)NC(=O)[C@H](N)Cc1ccc(O)c(O)c1. The molecule has 0 aliphatic carbocycles. The number of amides is 3. The summed E-state index contributed by atoms with van der Waals surface area (Å²) in [5, 5.41) is 27.1. The van der Waals surface area contributed by atoms with Crippen LogP contribution in [0.5, 0.6) is 11.5 Å². The second kappa shape index (κ2) is 8.27. The van der Waals surface area contributed by atoms with Crippen LogP contribution in [0.3, 0.4) is 0 Å². The molecule has 0 radical (unpaired) electrons. The zero-order chi connectivity index (χ0) is 20.1. The molecule has 8 heteroatoms. The molecule has 0 spiro atoms. The van der Waals surface area contributed by atoms with E-state index in [0.29, 0.717) is 12.0 Å². The molecular weight excluding hydrogens is 336 g/mol. The second-order valence-corrected chi connectivity index (χ2v) is 7.77. The monoisotopic (exact) mass is 366 g/mol. The highest BCUT2D eigenvalue weighted by Crippen LogP contribution is 2.25. The fourth-order valence-corrected chi connectivity index (χ4v) is 3.03. The average molecular weight is 366 g/mol. The Morgan fingerprint density at radius 2 is 1.65 bits per heavy atom. The fourth-order valence-electron chi connectivity index (χ4n) is 3.03. The fraction of sp³-hybridized carbons (Fsp3) is 0.556. The molecule has 0 fully saturated rings. The van der Waals surface area contributed by atoms with Gasteiger partial charge in [0.15, 0.2) is 11.5 Å². The van der Waals surface area contributed by atoms with E-state index in [1.165, 1.54) is 12.1 Å². The van der Waals surface area contributed by atoms with Crippen LogP contribution in [-0.4, -0.2) is 46.3 Å². The number of carbonyl (C=O) groups is 2. The molecule has 1 aromatic carbocycles. The first-order valence-corrected chi connectivity index (χ1v) is 8.43. The van der Waals surface area contributed by atoms with Gasteiger partial charge in [-0.15, -0.1) is 0 Å². The summed E-state index contributed by atoms with van der Waals surface area (Å²) in [6, 6.07) is 3.23. The molecule has 0 aliphatic rings. The molecule has 146 valence electrons. The van der Waals surface area contributed by atoms with E-state index < -0.39 is 17.1 Å². The topological polar surface area (TPSA) is 137 Å². The number of rotatable bonds is 7. The molecule has 26 heavy (non-hydrogen) atoms.